The van der Waals surface area contributed by atoms with Gasteiger partial charge in [0.05, 0.1) is 30.7 Å². The molecule has 1 N–H and O–H groups in total. The van der Waals surface area contributed by atoms with Gasteiger partial charge in [0.25, 0.3) is 0 Å². The largest absolute Gasteiger partial charge is 0.484 e. The van der Waals surface area contributed by atoms with Gasteiger partial charge in [0.15, 0.2) is 11.6 Å². The van der Waals surface area contributed by atoms with Crippen LogP contribution in [0.25, 0.3) is 11.5 Å². The molecule has 3 aromatic rings. The number of aromatic nitrogens is 4. The first-order valence-corrected chi connectivity index (χ1v) is 11.5. The number of hydrogen-bond donors (Lipinski definition) is 1. The van der Waals surface area contributed by atoms with Crippen LogP contribution in [-0.4, -0.2) is 57.4 Å². The number of carbonyl (C=O) groups excluding carboxylic acids is 1. The van der Waals surface area contributed by atoms with Crippen LogP contribution in [-0.2, 0) is 15.7 Å². The lowest BCUT2D eigenvalue weighted by atomic mass is 10.2. The normalized spacial score (nSPS) is 14.2. The van der Waals surface area contributed by atoms with Gasteiger partial charge in [-0.25, -0.2) is 14.8 Å². The molecule has 1 fully saturated rings. The Bertz CT molecular complexity index is 1230. The summed E-state index contributed by atoms with van der Waals surface area (Å²) < 4.78 is 60.3. The fourth-order valence-corrected chi connectivity index (χ4v) is 3.50. The van der Waals surface area contributed by atoms with Crippen molar-refractivity contribution in [3.05, 3.63) is 36.2 Å². The van der Waals surface area contributed by atoms with E-state index >= 15 is 0 Å². The van der Waals surface area contributed by atoms with E-state index in [4.69, 9.17) is 14.2 Å². The van der Waals surface area contributed by atoms with Crippen LogP contribution in [0.1, 0.15) is 26.3 Å². The number of pyridine rings is 2. The summed E-state index contributed by atoms with van der Waals surface area (Å²) in [6, 6.07) is 4.24. The number of ether oxygens (including phenoxy) is 3. The topological polar surface area (TPSA) is 112 Å². The predicted octanol–water partition coefficient (Wildman–Crippen LogP) is 4.91. The number of anilines is 3. The van der Waals surface area contributed by atoms with Crippen molar-refractivity contribution in [3.8, 4) is 17.3 Å². The van der Waals surface area contributed by atoms with Crippen LogP contribution in [0.2, 0.25) is 0 Å². The Morgan fingerprint density at radius 2 is 1.94 bits per heavy atom. The lowest BCUT2D eigenvalue weighted by molar-refractivity contribution is -0.137. The van der Waals surface area contributed by atoms with Gasteiger partial charge in [-0.15, -0.1) is 0 Å². The van der Waals surface area contributed by atoms with Crippen LogP contribution in [0.4, 0.5) is 34.6 Å². The second-order valence-corrected chi connectivity index (χ2v) is 9.59. The molecule has 4 heterocycles. The third kappa shape index (κ3) is 6.18. The number of alkyl halides is 3. The van der Waals surface area contributed by atoms with E-state index in [0.717, 1.165) is 22.5 Å². The molecule has 0 saturated carbocycles. The first kappa shape index (κ1) is 25.6. The molecule has 1 aliphatic heterocycles. The summed E-state index contributed by atoms with van der Waals surface area (Å²) in [4.78, 5) is 26.0. The van der Waals surface area contributed by atoms with Gasteiger partial charge in [-0.3, -0.25) is 4.90 Å². The van der Waals surface area contributed by atoms with Gasteiger partial charge in [0.1, 0.15) is 23.1 Å². The number of rotatable bonds is 6. The maximum absolute atomic E-state index is 13.3. The highest BCUT2D eigenvalue weighted by atomic mass is 32.1. The zero-order chi connectivity index (χ0) is 26.1. The van der Waals surface area contributed by atoms with Gasteiger partial charge in [0, 0.05) is 24.8 Å². The predicted molar refractivity (Wildman–Crippen MR) is 126 cm³/mol. The highest BCUT2D eigenvalue weighted by Crippen LogP contribution is 2.36. The summed E-state index contributed by atoms with van der Waals surface area (Å²) in [5.74, 6) is 0.859. The Balaban J connectivity index is 1.55. The molecular formula is C22H23F3N6O4S. The smallest absolute Gasteiger partial charge is 0.417 e. The Kier molecular flexibility index (Phi) is 7.00. The fraction of sp³-hybridized carbons (Fsp3) is 0.409. The van der Waals surface area contributed by atoms with Crippen LogP contribution in [0.3, 0.4) is 0 Å². The summed E-state index contributed by atoms with van der Waals surface area (Å²) in [5.41, 5.74) is -1.53. The van der Waals surface area contributed by atoms with Crippen molar-refractivity contribution >= 4 is 34.3 Å². The molecule has 1 aliphatic rings. The molecule has 0 bridgehead atoms. The molecule has 0 unspecified atom stereocenters. The van der Waals surface area contributed by atoms with Crippen molar-refractivity contribution in [1.29, 1.82) is 0 Å². The first-order valence-electron chi connectivity index (χ1n) is 10.7. The maximum atomic E-state index is 13.3. The third-order valence-electron chi connectivity index (χ3n) is 4.75. The van der Waals surface area contributed by atoms with Gasteiger partial charge < -0.3 is 19.5 Å². The van der Waals surface area contributed by atoms with Gasteiger partial charge >= 0.3 is 12.3 Å². The van der Waals surface area contributed by atoms with Crippen molar-refractivity contribution in [2.75, 3.05) is 30.5 Å². The second-order valence-electron chi connectivity index (χ2n) is 8.83. The number of carbonyl (C=O) groups is 1. The molecule has 4 rings (SSSR count). The van der Waals surface area contributed by atoms with Gasteiger partial charge in [0.2, 0.25) is 5.13 Å². The molecule has 1 saturated heterocycles. The molecule has 3 aromatic heterocycles. The Morgan fingerprint density at radius 3 is 2.53 bits per heavy atom. The number of nitrogens with zero attached hydrogens (tertiary/aromatic N) is 5. The van der Waals surface area contributed by atoms with E-state index in [1.54, 1.807) is 39.1 Å². The maximum Gasteiger partial charge on any atom is 0.417 e. The van der Waals surface area contributed by atoms with Crippen molar-refractivity contribution < 1.29 is 32.2 Å². The number of nitrogens with one attached hydrogen (secondary N) is 1. The van der Waals surface area contributed by atoms with Crippen LogP contribution >= 0.6 is 11.5 Å². The average Bonchev–Trinajstić information content (AvgIpc) is 3.23. The van der Waals surface area contributed by atoms with Gasteiger partial charge in [-0.05, 0) is 39.0 Å². The zero-order valence-corrected chi connectivity index (χ0v) is 20.6. The third-order valence-corrected chi connectivity index (χ3v) is 5.38. The second kappa shape index (κ2) is 9.85. The van der Waals surface area contributed by atoms with Crippen LogP contribution in [0.5, 0.6) is 5.75 Å². The molecule has 0 radical (unpaired) electrons. The SMILES string of the molecule is CN(C(=O)OC(C)(C)C)c1cc(C(F)(F)F)cnc1Nc1nc(-c2ccc(OC3COC3)cn2)ns1. The number of hydrogen-bond acceptors (Lipinski definition) is 10. The minimum Gasteiger partial charge on any atom is -0.484 e. The van der Waals surface area contributed by atoms with Crippen molar-refractivity contribution in [2.24, 2.45) is 0 Å². The minimum atomic E-state index is -4.65. The highest BCUT2D eigenvalue weighted by molar-refractivity contribution is 7.09. The molecule has 0 aromatic carbocycles. The van der Waals surface area contributed by atoms with E-state index in [-0.39, 0.29) is 22.7 Å². The summed E-state index contributed by atoms with van der Waals surface area (Å²) >= 11 is 0.958. The monoisotopic (exact) mass is 524 g/mol. The van der Waals surface area contributed by atoms with E-state index < -0.39 is 23.4 Å². The van der Waals surface area contributed by atoms with E-state index in [2.05, 4.69) is 24.6 Å². The van der Waals surface area contributed by atoms with E-state index in [9.17, 15) is 18.0 Å². The molecule has 0 aliphatic carbocycles. The van der Waals surface area contributed by atoms with Crippen molar-refractivity contribution in [1.82, 2.24) is 19.3 Å². The molecular weight excluding hydrogens is 501 g/mol. The summed E-state index contributed by atoms with van der Waals surface area (Å²) in [7, 11) is 1.30. The Labute approximate surface area is 208 Å². The lowest BCUT2D eigenvalue weighted by Crippen LogP contribution is -2.38. The number of amides is 1. The summed E-state index contributed by atoms with van der Waals surface area (Å²) in [6.45, 7) is 6.03. The minimum absolute atomic E-state index is 0.00934. The Hall–Kier alpha value is -3.52. The van der Waals surface area contributed by atoms with Gasteiger partial charge in [-0.1, -0.05) is 0 Å². The first-order chi connectivity index (χ1) is 16.9. The average molecular weight is 525 g/mol. The standard InChI is InChI=1S/C22H23F3N6O4S/c1-21(2,3)35-20(32)31(4)16-7-12(22(23,24)25)8-27-18(16)29-19-28-17(30-36-19)15-6-5-13(9-26-15)34-14-10-33-11-14/h5-9,14H,10-11H2,1-4H3,(H,27,28,29,30). The molecule has 192 valence electrons. The van der Waals surface area contributed by atoms with Gasteiger partial charge in [-0.2, -0.15) is 22.5 Å². The van der Waals surface area contributed by atoms with E-state index in [1.807, 2.05) is 0 Å². The lowest BCUT2D eigenvalue weighted by Gasteiger charge is -2.26. The van der Waals surface area contributed by atoms with Crippen LogP contribution in [0.15, 0.2) is 30.6 Å². The van der Waals surface area contributed by atoms with Crippen molar-refractivity contribution in [2.45, 2.75) is 38.7 Å². The summed E-state index contributed by atoms with van der Waals surface area (Å²) in [6.07, 6.45) is -3.27. The van der Waals surface area contributed by atoms with Crippen LogP contribution < -0.4 is 15.0 Å². The zero-order valence-electron chi connectivity index (χ0n) is 19.8. The van der Waals surface area contributed by atoms with E-state index in [0.29, 0.717) is 36.7 Å². The molecule has 14 heteroatoms. The quantitative estimate of drug-likeness (QED) is 0.481. The molecule has 1 amide bonds. The van der Waals surface area contributed by atoms with Crippen molar-refractivity contribution in [3.63, 3.8) is 0 Å². The van der Waals surface area contributed by atoms with Crippen LogP contribution in [0, 0.1) is 0 Å². The molecule has 0 spiro atoms. The molecule has 0 atom stereocenters. The number of halogens is 3. The highest BCUT2D eigenvalue weighted by Gasteiger charge is 2.33. The summed E-state index contributed by atoms with van der Waals surface area (Å²) in [5, 5.41) is 3.08. The van der Waals surface area contributed by atoms with E-state index in [1.165, 1.54) is 7.05 Å². The molecule has 10 nitrogen and oxygen atoms in total. The molecule has 36 heavy (non-hydrogen) atoms. The fourth-order valence-electron chi connectivity index (χ4n) is 2.93. The Morgan fingerprint density at radius 1 is 1.19 bits per heavy atom.